The first-order chi connectivity index (χ1) is 10.1. The van der Waals surface area contributed by atoms with Gasteiger partial charge in [0.05, 0.1) is 5.56 Å². The number of benzene rings is 1. The van der Waals surface area contributed by atoms with E-state index >= 15 is 0 Å². The zero-order chi connectivity index (χ0) is 15.2. The molecule has 0 atom stereocenters. The summed E-state index contributed by atoms with van der Waals surface area (Å²) in [5, 5.41) is 3.36. The Morgan fingerprint density at radius 2 is 1.86 bits per heavy atom. The summed E-state index contributed by atoms with van der Waals surface area (Å²) in [6.45, 7) is 11.1. The molecule has 1 aliphatic heterocycles. The van der Waals surface area contributed by atoms with Crippen molar-refractivity contribution in [2.24, 2.45) is 0 Å². The third-order valence-corrected chi connectivity index (χ3v) is 3.80. The quantitative estimate of drug-likeness (QED) is 0.905. The maximum absolute atomic E-state index is 12.7. The van der Waals surface area contributed by atoms with Crippen LogP contribution in [-0.4, -0.2) is 54.5 Å². The number of nitrogens with one attached hydrogen (secondary N) is 1. The average molecular weight is 289 g/mol. The third-order valence-electron chi connectivity index (χ3n) is 3.80. The summed E-state index contributed by atoms with van der Waals surface area (Å²) in [5.74, 6) is 0.148. The van der Waals surface area contributed by atoms with Gasteiger partial charge in [0.15, 0.2) is 0 Å². The second kappa shape index (κ2) is 7.46. The van der Waals surface area contributed by atoms with Gasteiger partial charge in [0.1, 0.15) is 0 Å². The summed E-state index contributed by atoms with van der Waals surface area (Å²) >= 11 is 0. The standard InChI is InChI=1S/C17H27N3O/c1-4-9-19-10-12-20(13-11-19)17(21)15-7-5-6-8-16(15)18-14(2)3/h5-8,14,18H,4,9-13H2,1-3H3. The molecule has 1 aliphatic rings. The highest BCUT2D eigenvalue weighted by Crippen LogP contribution is 2.19. The van der Waals surface area contributed by atoms with Crippen molar-refractivity contribution in [3.05, 3.63) is 29.8 Å². The highest BCUT2D eigenvalue weighted by atomic mass is 16.2. The molecule has 0 aromatic heterocycles. The van der Waals surface area contributed by atoms with Crippen molar-refractivity contribution in [2.45, 2.75) is 33.2 Å². The van der Waals surface area contributed by atoms with Crippen molar-refractivity contribution in [1.82, 2.24) is 9.80 Å². The molecule has 0 radical (unpaired) electrons. The SMILES string of the molecule is CCCN1CCN(C(=O)c2ccccc2NC(C)C)CC1. The Bertz CT molecular complexity index is 465. The van der Waals surface area contributed by atoms with E-state index < -0.39 is 0 Å². The fraction of sp³-hybridized carbons (Fsp3) is 0.588. The normalized spacial score (nSPS) is 16.3. The molecule has 116 valence electrons. The number of carbonyl (C=O) groups excluding carboxylic acids is 1. The van der Waals surface area contributed by atoms with E-state index in [1.165, 1.54) is 6.42 Å². The van der Waals surface area contributed by atoms with Crippen LogP contribution in [0.4, 0.5) is 5.69 Å². The van der Waals surface area contributed by atoms with E-state index in [4.69, 9.17) is 0 Å². The molecular weight excluding hydrogens is 262 g/mol. The maximum atomic E-state index is 12.7. The second-order valence-electron chi connectivity index (χ2n) is 5.98. The first-order valence-corrected chi connectivity index (χ1v) is 7.99. The van der Waals surface area contributed by atoms with Crippen LogP contribution in [0.25, 0.3) is 0 Å². The van der Waals surface area contributed by atoms with E-state index in [0.29, 0.717) is 6.04 Å². The van der Waals surface area contributed by atoms with Gasteiger partial charge in [-0.25, -0.2) is 0 Å². The minimum Gasteiger partial charge on any atom is -0.382 e. The lowest BCUT2D eigenvalue weighted by atomic mass is 10.1. The summed E-state index contributed by atoms with van der Waals surface area (Å²) in [4.78, 5) is 17.1. The predicted molar refractivity (Wildman–Crippen MR) is 87.8 cm³/mol. The molecule has 0 aliphatic carbocycles. The van der Waals surface area contributed by atoms with Gasteiger partial charge < -0.3 is 10.2 Å². The average Bonchev–Trinajstić information content (AvgIpc) is 2.48. The summed E-state index contributed by atoms with van der Waals surface area (Å²) < 4.78 is 0. The van der Waals surface area contributed by atoms with E-state index in [2.05, 4.69) is 31.0 Å². The van der Waals surface area contributed by atoms with Gasteiger partial charge in [0.25, 0.3) is 5.91 Å². The molecule has 1 amide bonds. The van der Waals surface area contributed by atoms with E-state index in [9.17, 15) is 4.79 Å². The molecule has 1 heterocycles. The van der Waals surface area contributed by atoms with Gasteiger partial charge in [-0.2, -0.15) is 0 Å². The molecule has 1 N–H and O–H groups in total. The minimum atomic E-state index is 0.148. The topological polar surface area (TPSA) is 35.6 Å². The van der Waals surface area contributed by atoms with E-state index in [-0.39, 0.29) is 5.91 Å². The molecule has 2 rings (SSSR count). The van der Waals surface area contributed by atoms with Crippen LogP contribution in [0.5, 0.6) is 0 Å². The van der Waals surface area contributed by atoms with Gasteiger partial charge in [-0.1, -0.05) is 19.1 Å². The number of hydrogen-bond acceptors (Lipinski definition) is 3. The Morgan fingerprint density at radius 1 is 1.19 bits per heavy atom. The number of rotatable bonds is 5. The summed E-state index contributed by atoms with van der Waals surface area (Å²) in [7, 11) is 0. The molecule has 0 spiro atoms. The van der Waals surface area contributed by atoms with Crippen LogP contribution in [0.3, 0.4) is 0 Å². The van der Waals surface area contributed by atoms with Crippen LogP contribution in [0, 0.1) is 0 Å². The molecule has 4 heteroatoms. The van der Waals surface area contributed by atoms with Crippen molar-refractivity contribution in [3.63, 3.8) is 0 Å². The van der Waals surface area contributed by atoms with Crippen LogP contribution in [0.1, 0.15) is 37.6 Å². The maximum Gasteiger partial charge on any atom is 0.256 e. The summed E-state index contributed by atoms with van der Waals surface area (Å²) in [5.41, 5.74) is 1.73. The van der Waals surface area contributed by atoms with Crippen molar-refractivity contribution >= 4 is 11.6 Å². The van der Waals surface area contributed by atoms with Gasteiger partial charge >= 0.3 is 0 Å². The van der Waals surface area contributed by atoms with E-state index in [0.717, 1.165) is 44.0 Å². The van der Waals surface area contributed by atoms with Crippen LogP contribution in [0.2, 0.25) is 0 Å². The Labute approximate surface area is 128 Å². The van der Waals surface area contributed by atoms with Gasteiger partial charge in [-0.3, -0.25) is 9.69 Å². The van der Waals surface area contributed by atoms with Gasteiger partial charge in [-0.05, 0) is 38.9 Å². The number of piperazine rings is 1. The number of hydrogen-bond donors (Lipinski definition) is 1. The zero-order valence-corrected chi connectivity index (χ0v) is 13.4. The van der Waals surface area contributed by atoms with Crippen LogP contribution >= 0.6 is 0 Å². The van der Waals surface area contributed by atoms with Crippen molar-refractivity contribution in [3.8, 4) is 0 Å². The molecule has 1 aromatic rings. The van der Waals surface area contributed by atoms with Crippen molar-refractivity contribution < 1.29 is 4.79 Å². The molecule has 0 bridgehead atoms. The van der Waals surface area contributed by atoms with Crippen molar-refractivity contribution in [1.29, 1.82) is 0 Å². The molecule has 0 unspecified atom stereocenters. The van der Waals surface area contributed by atoms with Crippen LogP contribution < -0.4 is 5.32 Å². The lowest BCUT2D eigenvalue weighted by molar-refractivity contribution is 0.0638. The monoisotopic (exact) mass is 289 g/mol. The molecule has 21 heavy (non-hydrogen) atoms. The zero-order valence-electron chi connectivity index (χ0n) is 13.4. The summed E-state index contributed by atoms with van der Waals surface area (Å²) in [6.07, 6.45) is 1.18. The van der Waals surface area contributed by atoms with Crippen LogP contribution in [0.15, 0.2) is 24.3 Å². The number of amides is 1. The predicted octanol–water partition coefficient (Wildman–Crippen LogP) is 2.67. The Hall–Kier alpha value is -1.55. The fourth-order valence-corrected chi connectivity index (χ4v) is 2.77. The molecule has 1 aromatic carbocycles. The molecule has 0 saturated carbocycles. The number of para-hydroxylation sites is 1. The third kappa shape index (κ3) is 4.21. The smallest absolute Gasteiger partial charge is 0.256 e. The van der Waals surface area contributed by atoms with Gasteiger partial charge in [0.2, 0.25) is 0 Å². The largest absolute Gasteiger partial charge is 0.382 e. The molecule has 1 fully saturated rings. The van der Waals surface area contributed by atoms with Crippen molar-refractivity contribution in [2.75, 3.05) is 38.0 Å². The number of anilines is 1. The lowest BCUT2D eigenvalue weighted by Gasteiger charge is -2.35. The van der Waals surface area contributed by atoms with E-state index in [1.54, 1.807) is 0 Å². The highest BCUT2D eigenvalue weighted by molar-refractivity contribution is 5.99. The number of nitrogens with zero attached hydrogens (tertiary/aromatic N) is 2. The Kier molecular flexibility index (Phi) is 5.62. The second-order valence-corrected chi connectivity index (χ2v) is 5.98. The number of carbonyl (C=O) groups is 1. The Morgan fingerprint density at radius 3 is 2.48 bits per heavy atom. The Balaban J connectivity index is 2.04. The highest BCUT2D eigenvalue weighted by Gasteiger charge is 2.23. The molecule has 1 saturated heterocycles. The van der Waals surface area contributed by atoms with Gasteiger partial charge in [-0.15, -0.1) is 0 Å². The fourth-order valence-electron chi connectivity index (χ4n) is 2.77. The van der Waals surface area contributed by atoms with E-state index in [1.807, 2.05) is 29.2 Å². The lowest BCUT2D eigenvalue weighted by Crippen LogP contribution is -2.48. The first-order valence-electron chi connectivity index (χ1n) is 7.99. The minimum absolute atomic E-state index is 0.148. The molecule has 4 nitrogen and oxygen atoms in total. The van der Waals surface area contributed by atoms with Gasteiger partial charge in [0, 0.05) is 37.9 Å². The molecular formula is C17H27N3O. The first kappa shape index (κ1) is 15.8. The summed E-state index contributed by atoms with van der Waals surface area (Å²) in [6, 6.07) is 8.14. The van der Waals surface area contributed by atoms with Crippen LogP contribution in [-0.2, 0) is 0 Å².